The number of halogens is 1. The van der Waals surface area contributed by atoms with E-state index in [1.807, 2.05) is 18.2 Å². The number of thiazole rings is 1. The number of alkyl halides is 1. The predicted octanol–water partition coefficient (Wildman–Crippen LogP) is 3.11. The lowest BCUT2D eigenvalue weighted by molar-refractivity contribution is 0.0246. The Morgan fingerprint density at radius 3 is 3.06 bits per heavy atom. The molecule has 0 aliphatic carbocycles. The maximum Gasteiger partial charge on any atom is 0.169 e. The third-order valence-corrected chi connectivity index (χ3v) is 6.68. The Kier molecular flexibility index (Phi) is 6.02. The standard InChI is InChI=1S/C22H24FN7O2S/c1-30-20(19-5-4-14(24)13(23)10-32-19)17(9-27-30)28-21(31)18-11-33-22(29-18)12-7-16-15(26-8-12)3-2-6-25-16/h2-3,6-9,11,13-14,19,21,28,31H,4-5,10,24H2,1H3/t13-,14-,19+,21?/m1/s1. The molecule has 1 aliphatic rings. The molecule has 0 amide bonds. The summed E-state index contributed by atoms with van der Waals surface area (Å²) in [5.41, 5.74) is 10.1. The summed E-state index contributed by atoms with van der Waals surface area (Å²) in [6, 6.07) is 5.13. The third kappa shape index (κ3) is 4.44. The molecule has 1 saturated heterocycles. The van der Waals surface area contributed by atoms with E-state index in [0.29, 0.717) is 24.2 Å². The molecular weight excluding hydrogens is 445 g/mol. The fraction of sp³-hybridized carbons (Fsp3) is 0.364. The summed E-state index contributed by atoms with van der Waals surface area (Å²) >= 11 is 1.41. The van der Waals surface area contributed by atoms with E-state index in [4.69, 9.17) is 10.5 Å². The summed E-state index contributed by atoms with van der Waals surface area (Å²) in [6.07, 6.45) is 3.52. The number of pyridine rings is 2. The largest absolute Gasteiger partial charge is 0.369 e. The van der Waals surface area contributed by atoms with Gasteiger partial charge in [0.1, 0.15) is 23.0 Å². The molecule has 4 aromatic rings. The first-order valence-corrected chi connectivity index (χ1v) is 11.5. The van der Waals surface area contributed by atoms with Crippen LogP contribution in [0.3, 0.4) is 0 Å². The Labute approximate surface area is 193 Å². The van der Waals surface area contributed by atoms with Gasteiger partial charge < -0.3 is 20.9 Å². The lowest BCUT2D eigenvalue weighted by Crippen LogP contribution is -2.32. The molecule has 4 aromatic heterocycles. The van der Waals surface area contributed by atoms with Crippen molar-refractivity contribution in [2.75, 3.05) is 11.9 Å². The molecule has 1 unspecified atom stereocenters. The van der Waals surface area contributed by atoms with E-state index in [1.165, 1.54) is 11.3 Å². The van der Waals surface area contributed by atoms with Crippen molar-refractivity contribution < 1.29 is 14.2 Å². The third-order valence-electron chi connectivity index (χ3n) is 5.77. The maximum atomic E-state index is 14.0. The second-order valence-electron chi connectivity index (χ2n) is 8.04. The van der Waals surface area contributed by atoms with Crippen LogP contribution >= 0.6 is 11.3 Å². The molecule has 0 spiro atoms. The zero-order valence-electron chi connectivity index (χ0n) is 17.9. The minimum atomic E-state index is -1.20. The first-order valence-electron chi connectivity index (χ1n) is 10.6. The molecule has 0 radical (unpaired) electrons. The highest BCUT2D eigenvalue weighted by Gasteiger charge is 2.30. The van der Waals surface area contributed by atoms with Gasteiger partial charge in [0.05, 0.1) is 35.2 Å². The number of nitrogens with one attached hydrogen (secondary N) is 1. The van der Waals surface area contributed by atoms with Gasteiger partial charge in [-0.05, 0) is 31.0 Å². The van der Waals surface area contributed by atoms with Gasteiger partial charge in [-0.25, -0.2) is 9.37 Å². The Balaban J connectivity index is 1.34. The van der Waals surface area contributed by atoms with E-state index in [-0.39, 0.29) is 12.7 Å². The normalized spacial score (nSPS) is 22.2. The molecule has 4 atom stereocenters. The van der Waals surface area contributed by atoms with E-state index in [1.54, 1.807) is 35.7 Å². The summed E-state index contributed by atoms with van der Waals surface area (Å²) < 4.78 is 21.4. The fourth-order valence-corrected chi connectivity index (χ4v) is 4.75. The second-order valence-corrected chi connectivity index (χ2v) is 8.89. The zero-order chi connectivity index (χ0) is 22.9. The SMILES string of the molecule is Cn1ncc(NC(O)c2csc(-c3cnc4cccnc4c3)n2)c1[C@@H]1CC[C@@H](N)[C@H](F)CO1. The van der Waals surface area contributed by atoms with Gasteiger partial charge in [-0.1, -0.05) is 0 Å². The number of rotatable bonds is 5. The molecule has 9 nitrogen and oxygen atoms in total. The summed E-state index contributed by atoms with van der Waals surface area (Å²) in [6.45, 7) is -0.0664. The van der Waals surface area contributed by atoms with Gasteiger partial charge in [0, 0.05) is 36.4 Å². The van der Waals surface area contributed by atoms with Crippen LogP contribution in [-0.4, -0.2) is 48.7 Å². The van der Waals surface area contributed by atoms with Crippen LogP contribution in [-0.2, 0) is 11.8 Å². The summed E-state index contributed by atoms with van der Waals surface area (Å²) in [5.74, 6) is 0. The van der Waals surface area contributed by atoms with E-state index in [2.05, 4.69) is 25.4 Å². The maximum absolute atomic E-state index is 14.0. The number of fused-ring (bicyclic) bond motifs is 1. The van der Waals surface area contributed by atoms with Crippen LogP contribution in [0.1, 0.15) is 36.6 Å². The van der Waals surface area contributed by atoms with Gasteiger partial charge >= 0.3 is 0 Å². The molecule has 1 aliphatic heterocycles. The van der Waals surface area contributed by atoms with Crippen LogP contribution < -0.4 is 11.1 Å². The number of hydrogen-bond acceptors (Lipinski definition) is 9. The van der Waals surface area contributed by atoms with Gasteiger partial charge in [0.15, 0.2) is 6.23 Å². The quantitative estimate of drug-likeness (QED) is 0.381. The average Bonchev–Trinajstić information content (AvgIpc) is 3.42. The highest BCUT2D eigenvalue weighted by molar-refractivity contribution is 7.13. The van der Waals surface area contributed by atoms with Crippen LogP contribution in [0.4, 0.5) is 10.1 Å². The minimum absolute atomic E-state index is 0.0664. The predicted molar refractivity (Wildman–Crippen MR) is 123 cm³/mol. The first-order chi connectivity index (χ1) is 16.0. The van der Waals surface area contributed by atoms with Crippen molar-refractivity contribution in [1.82, 2.24) is 24.7 Å². The van der Waals surface area contributed by atoms with Crippen molar-refractivity contribution in [3.63, 3.8) is 0 Å². The molecule has 5 heterocycles. The van der Waals surface area contributed by atoms with Crippen molar-refractivity contribution in [2.24, 2.45) is 12.8 Å². The summed E-state index contributed by atoms with van der Waals surface area (Å²) in [7, 11) is 1.79. The number of aliphatic hydroxyl groups is 1. The second kappa shape index (κ2) is 9.10. The van der Waals surface area contributed by atoms with Crippen LogP contribution in [0.5, 0.6) is 0 Å². The van der Waals surface area contributed by atoms with Crippen LogP contribution in [0.25, 0.3) is 21.6 Å². The number of ether oxygens (including phenoxy) is 1. The van der Waals surface area contributed by atoms with E-state index < -0.39 is 18.4 Å². The van der Waals surface area contributed by atoms with Gasteiger partial charge in [0.25, 0.3) is 0 Å². The molecule has 0 bridgehead atoms. The zero-order valence-corrected chi connectivity index (χ0v) is 18.7. The van der Waals surface area contributed by atoms with Crippen molar-refractivity contribution in [3.8, 4) is 10.6 Å². The highest BCUT2D eigenvalue weighted by atomic mass is 32.1. The first kappa shape index (κ1) is 21.8. The molecule has 0 aromatic carbocycles. The molecule has 0 saturated carbocycles. The number of hydrogen-bond donors (Lipinski definition) is 3. The van der Waals surface area contributed by atoms with Crippen molar-refractivity contribution >= 4 is 28.1 Å². The smallest absolute Gasteiger partial charge is 0.169 e. The average molecular weight is 470 g/mol. The number of nitrogens with zero attached hydrogens (tertiary/aromatic N) is 5. The Hall–Kier alpha value is -2.99. The topological polar surface area (TPSA) is 124 Å². The molecular formula is C22H24FN7O2S. The number of nitrogens with two attached hydrogens (primary N) is 1. The summed E-state index contributed by atoms with van der Waals surface area (Å²) in [5, 5.41) is 20.7. The number of anilines is 1. The van der Waals surface area contributed by atoms with Crippen molar-refractivity contribution in [2.45, 2.75) is 37.4 Å². The Bertz CT molecular complexity index is 1250. The monoisotopic (exact) mass is 469 g/mol. The molecule has 1 fully saturated rings. The Morgan fingerprint density at radius 2 is 2.18 bits per heavy atom. The van der Waals surface area contributed by atoms with Crippen molar-refractivity contribution in [3.05, 3.63) is 53.6 Å². The Morgan fingerprint density at radius 1 is 1.30 bits per heavy atom. The summed E-state index contributed by atoms with van der Waals surface area (Å²) in [4.78, 5) is 13.3. The molecule has 33 heavy (non-hydrogen) atoms. The fourth-order valence-electron chi connectivity index (χ4n) is 3.93. The number of aliphatic hydroxyl groups excluding tert-OH is 1. The van der Waals surface area contributed by atoms with Crippen LogP contribution in [0.15, 0.2) is 42.2 Å². The lowest BCUT2D eigenvalue weighted by atomic mass is 10.0. The van der Waals surface area contributed by atoms with Gasteiger partial charge in [-0.15, -0.1) is 11.3 Å². The molecule has 5 rings (SSSR count). The molecule has 172 valence electrons. The highest BCUT2D eigenvalue weighted by Crippen LogP contribution is 2.34. The number of aryl methyl sites for hydroxylation is 1. The van der Waals surface area contributed by atoms with Crippen molar-refractivity contribution in [1.29, 1.82) is 0 Å². The van der Waals surface area contributed by atoms with E-state index in [0.717, 1.165) is 27.3 Å². The van der Waals surface area contributed by atoms with Gasteiger partial charge in [-0.2, -0.15) is 5.10 Å². The minimum Gasteiger partial charge on any atom is -0.369 e. The molecule has 4 N–H and O–H groups in total. The number of aromatic nitrogens is 5. The van der Waals surface area contributed by atoms with Gasteiger partial charge in [-0.3, -0.25) is 14.6 Å². The lowest BCUT2D eigenvalue weighted by Gasteiger charge is -2.19. The van der Waals surface area contributed by atoms with Crippen LogP contribution in [0.2, 0.25) is 0 Å². The van der Waals surface area contributed by atoms with E-state index in [9.17, 15) is 9.50 Å². The van der Waals surface area contributed by atoms with E-state index >= 15 is 0 Å². The molecule has 11 heteroatoms. The van der Waals surface area contributed by atoms with Crippen LogP contribution in [0, 0.1) is 0 Å². The van der Waals surface area contributed by atoms with Gasteiger partial charge in [0.2, 0.25) is 0 Å².